The van der Waals surface area contributed by atoms with Gasteiger partial charge in [-0.3, -0.25) is 0 Å². The van der Waals surface area contributed by atoms with E-state index < -0.39 is 9.84 Å². The molecule has 0 fully saturated rings. The van der Waals surface area contributed by atoms with Crippen LogP contribution in [0.25, 0.3) is 0 Å². The molecule has 1 aromatic rings. The van der Waals surface area contributed by atoms with Crippen molar-refractivity contribution in [3.8, 4) is 0 Å². The summed E-state index contributed by atoms with van der Waals surface area (Å²) < 4.78 is 24.0. The maximum atomic E-state index is 12.0. The second-order valence-corrected chi connectivity index (χ2v) is 7.10. The zero-order valence-electron chi connectivity index (χ0n) is 11.0. The molecule has 0 spiro atoms. The van der Waals surface area contributed by atoms with E-state index in [1.165, 1.54) is 0 Å². The van der Waals surface area contributed by atoms with E-state index in [-0.39, 0.29) is 11.8 Å². The summed E-state index contributed by atoms with van der Waals surface area (Å²) in [6.45, 7) is 5.75. The highest BCUT2D eigenvalue weighted by Gasteiger charge is 2.19. The monoisotopic (exact) mass is 289 g/mol. The zero-order chi connectivity index (χ0) is 13.8. The summed E-state index contributed by atoms with van der Waals surface area (Å²) in [5.74, 6) is 0.872. The van der Waals surface area contributed by atoms with E-state index in [2.05, 4.69) is 19.2 Å². The summed E-state index contributed by atoms with van der Waals surface area (Å²) in [4.78, 5) is 0.350. The van der Waals surface area contributed by atoms with Crippen LogP contribution in [-0.4, -0.2) is 26.1 Å². The first-order chi connectivity index (χ1) is 8.42. The molecule has 1 aromatic carbocycles. The summed E-state index contributed by atoms with van der Waals surface area (Å²) in [5.41, 5.74) is 0.638. The van der Waals surface area contributed by atoms with Gasteiger partial charge in [-0.1, -0.05) is 32.9 Å². The van der Waals surface area contributed by atoms with Crippen LogP contribution in [0.4, 0.5) is 5.69 Å². The maximum Gasteiger partial charge on any atom is 0.180 e. The topological polar surface area (TPSA) is 46.2 Å². The third-order valence-corrected chi connectivity index (χ3v) is 5.03. The van der Waals surface area contributed by atoms with Crippen LogP contribution in [0.5, 0.6) is 0 Å². The highest BCUT2D eigenvalue weighted by Crippen LogP contribution is 2.24. The zero-order valence-corrected chi connectivity index (χ0v) is 12.6. The molecule has 3 nitrogen and oxygen atoms in total. The molecule has 1 unspecified atom stereocenters. The molecule has 1 rings (SSSR count). The first kappa shape index (κ1) is 15.3. The number of para-hydroxylation sites is 1. The number of rotatable bonds is 6. The van der Waals surface area contributed by atoms with E-state index in [9.17, 15) is 8.42 Å². The summed E-state index contributed by atoms with van der Waals surface area (Å²) in [6, 6.07) is 7.03. The van der Waals surface area contributed by atoms with Gasteiger partial charge >= 0.3 is 0 Å². The van der Waals surface area contributed by atoms with Crippen LogP contribution >= 0.6 is 11.6 Å². The van der Waals surface area contributed by atoms with Gasteiger partial charge in [-0.15, -0.1) is 11.6 Å². The number of nitrogens with one attached hydrogen (secondary N) is 1. The van der Waals surface area contributed by atoms with Crippen LogP contribution in [0.3, 0.4) is 0 Å². The lowest BCUT2D eigenvalue weighted by Crippen LogP contribution is -2.28. The third-order valence-electron chi connectivity index (χ3n) is 2.91. The molecule has 5 heteroatoms. The number of hydrogen-bond acceptors (Lipinski definition) is 3. The molecule has 0 aromatic heterocycles. The largest absolute Gasteiger partial charge is 0.380 e. The van der Waals surface area contributed by atoms with Crippen molar-refractivity contribution < 1.29 is 8.42 Å². The van der Waals surface area contributed by atoms with Crippen molar-refractivity contribution in [3.63, 3.8) is 0 Å². The lowest BCUT2D eigenvalue weighted by molar-refractivity contribution is 0.562. The van der Waals surface area contributed by atoms with Gasteiger partial charge in [-0.2, -0.15) is 0 Å². The molecule has 0 saturated heterocycles. The molecule has 0 aliphatic rings. The smallest absolute Gasteiger partial charge is 0.180 e. The standard InChI is InChI=1S/C13H20ClNO2S/c1-4-18(16,17)13-8-6-5-7-11(13)15-12(9-14)10(2)3/h5-8,10,12,15H,4,9H2,1-3H3. The molecule has 0 bridgehead atoms. The van der Waals surface area contributed by atoms with Crippen molar-refractivity contribution in [2.75, 3.05) is 16.9 Å². The van der Waals surface area contributed by atoms with E-state index in [0.717, 1.165) is 0 Å². The molecule has 102 valence electrons. The van der Waals surface area contributed by atoms with Gasteiger partial charge in [0.2, 0.25) is 0 Å². The molecular formula is C13H20ClNO2S. The highest BCUT2D eigenvalue weighted by molar-refractivity contribution is 7.91. The number of benzene rings is 1. The number of halogens is 1. The van der Waals surface area contributed by atoms with Gasteiger partial charge < -0.3 is 5.32 Å². The Bertz CT molecular complexity index is 486. The van der Waals surface area contributed by atoms with Gasteiger partial charge in [0.15, 0.2) is 9.84 Å². The Morgan fingerprint density at radius 3 is 2.39 bits per heavy atom. The number of hydrogen-bond donors (Lipinski definition) is 1. The normalized spacial score (nSPS) is 13.6. The van der Waals surface area contributed by atoms with Crippen LogP contribution < -0.4 is 5.32 Å². The van der Waals surface area contributed by atoms with Gasteiger partial charge in [0, 0.05) is 11.9 Å². The van der Waals surface area contributed by atoms with E-state index in [1.807, 2.05) is 6.07 Å². The van der Waals surface area contributed by atoms with E-state index >= 15 is 0 Å². The highest BCUT2D eigenvalue weighted by atomic mass is 35.5. The van der Waals surface area contributed by atoms with Crippen molar-refractivity contribution >= 4 is 27.1 Å². The fraction of sp³-hybridized carbons (Fsp3) is 0.538. The minimum Gasteiger partial charge on any atom is -0.380 e. The summed E-state index contributed by atoms with van der Waals surface area (Å²) >= 11 is 5.90. The first-order valence-electron chi connectivity index (χ1n) is 6.06. The Kier molecular flexibility index (Phi) is 5.47. The summed E-state index contributed by atoms with van der Waals surface area (Å²) in [6.07, 6.45) is 0. The lowest BCUT2D eigenvalue weighted by atomic mass is 10.1. The summed E-state index contributed by atoms with van der Waals surface area (Å²) in [7, 11) is -3.21. The van der Waals surface area contributed by atoms with Crippen molar-refractivity contribution in [3.05, 3.63) is 24.3 Å². The van der Waals surface area contributed by atoms with Gasteiger partial charge in [0.25, 0.3) is 0 Å². The Hall–Kier alpha value is -0.740. The van der Waals surface area contributed by atoms with Crippen LogP contribution in [0.1, 0.15) is 20.8 Å². The Morgan fingerprint density at radius 1 is 1.28 bits per heavy atom. The van der Waals surface area contributed by atoms with Crippen molar-refractivity contribution in [1.82, 2.24) is 0 Å². The van der Waals surface area contributed by atoms with Crippen molar-refractivity contribution in [2.45, 2.75) is 31.7 Å². The molecular weight excluding hydrogens is 270 g/mol. The fourth-order valence-electron chi connectivity index (χ4n) is 1.60. The Labute approximate surface area is 114 Å². The second kappa shape index (κ2) is 6.43. The number of sulfone groups is 1. The third kappa shape index (κ3) is 3.62. The molecule has 0 saturated carbocycles. The molecule has 0 radical (unpaired) electrons. The predicted octanol–water partition coefficient (Wildman–Crippen LogP) is 3.16. The van der Waals surface area contributed by atoms with Crippen LogP contribution in [0, 0.1) is 5.92 Å². The molecule has 1 atom stereocenters. The fourth-order valence-corrected chi connectivity index (χ4v) is 3.09. The van der Waals surface area contributed by atoms with Gasteiger partial charge in [0.05, 0.1) is 16.3 Å². The molecule has 0 heterocycles. The Balaban J connectivity index is 3.11. The average Bonchev–Trinajstić information content (AvgIpc) is 2.35. The van der Waals surface area contributed by atoms with Crippen LogP contribution in [-0.2, 0) is 9.84 Å². The van der Waals surface area contributed by atoms with Crippen molar-refractivity contribution in [1.29, 1.82) is 0 Å². The number of alkyl halides is 1. The molecule has 0 aliphatic carbocycles. The van der Waals surface area contributed by atoms with E-state index in [1.54, 1.807) is 25.1 Å². The van der Waals surface area contributed by atoms with Gasteiger partial charge in [0.1, 0.15) is 0 Å². The van der Waals surface area contributed by atoms with Crippen LogP contribution in [0.2, 0.25) is 0 Å². The van der Waals surface area contributed by atoms with Crippen molar-refractivity contribution in [2.24, 2.45) is 5.92 Å². The lowest BCUT2D eigenvalue weighted by Gasteiger charge is -2.22. The average molecular weight is 290 g/mol. The molecule has 18 heavy (non-hydrogen) atoms. The Morgan fingerprint density at radius 2 is 1.89 bits per heavy atom. The molecule has 0 amide bonds. The molecule has 0 aliphatic heterocycles. The van der Waals surface area contributed by atoms with Gasteiger partial charge in [-0.05, 0) is 18.1 Å². The van der Waals surface area contributed by atoms with E-state index in [0.29, 0.717) is 22.4 Å². The predicted molar refractivity (Wildman–Crippen MR) is 77.1 cm³/mol. The minimum absolute atomic E-state index is 0.0554. The maximum absolute atomic E-state index is 12.0. The SMILES string of the molecule is CCS(=O)(=O)c1ccccc1NC(CCl)C(C)C. The quantitative estimate of drug-likeness (QED) is 0.818. The summed E-state index contributed by atoms with van der Waals surface area (Å²) in [5, 5.41) is 3.23. The van der Waals surface area contributed by atoms with E-state index in [4.69, 9.17) is 11.6 Å². The molecule has 1 N–H and O–H groups in total. The van der Waals surface area contributed by atoms with Crippen LogP contribution in [0.15, 0.2) is 29.2 Å². The minimum atomic E-state index is -3.21. The second-order valence-electron chi connectivity index (χ2n) is 4.55. The van der Waals surface area contributed by atoms with Gasteiger partial charge in [-0.25, -0.2) is 8.42 Å². The first-order valence-corrected chi connectivity index (χ1v) is 8.25. The number of anilines is 1.